The molecule has 0 unspecified atom stereocenters. The monoisotopic (exact) mass is 824 g/mol. The van der Waals surface area contributed by atoms with E-state index in [1.807, 2.05) is 92.1 Å². The summed E-state index contributed by atoms with van der Waals surface area (Å²) in [5, 5.41) is 34.5. The van der Waals surface area contributed by atoms with Crippen molar-refractivity contribution in [1.29, 1.82) is 0 Å². The average molecular weight is 825 g/mol. The van der Waals surface area contributed by atoms with E-state index < -0.39 is 35.0 Å². The molecule has 0 saturated carbocycles. The Labute approximate surface area is 351 Å². The molecule has 0 aliphatic carbocycles. The number of nitrogens with zero attached hydrogens (tertiary/aromatic N) is 3. The van der Waals surface area contributed by atoms with Crippen molar-refractivity contribution < 1.29 is 29.3 Å². The van der Waals surface area contributed by atoms with Crippen molar-refractivity contribution >= 4 is 45.2 Å². The molecular weight excluding hydrogens is 765 g/mol. The number of aliphatic hydroxyl groups excluding tert-OH is 1. The Morgan fingerprint density at radius 2 is 1.47 bits per heavy atom. The van der Waals surface area contributed by atoms with Crippen molar-refractivity contribution in [3.05, 3.63) is 106 Å². The minimum absolute atomic E-state index is 0.0734. The fourth-order valence-electron chi connectivity index (χ4n) is 7.76. The number of ether oxygens (including phenoxy) is 1. The maximum atomic E-state index is 14.7. The Bertz CT molecular complexity index is 1980. The number of carbonyl (C=O) groups is 3. The highest BCUT2D eigenvalue weighted by atomic mass is 16.7. The standard InChI is InChI=1S/C45H60N8O7/c1-31(2)27-40(41(54)30-42(55)47-21-22-52-23-25-60-26-24-52)50-44(57)39(19-7-8-20-48-45(46)51-53(58)59)49-43(56)36(28-34-15-9-13-32-11-3-5-17-37(32)34)29-35-16-10-14-33-12-4-6-18-38(33)35/h3-6,9-18,31,36,39-41,54H,7-8,19-30H2,1-2H3,(H,47,55)(H,49,56)(H,50,57)(H3,46,48,51)/t39-,40-,41-/m0/s1. The van der Waals surface area contributed by atoms with Gasteiger partial charge in [-0.15, -0.1) is 0 Å². The molecule has 0 aromatic heterocycles. The quantitative estimate of drug-likeness (QED) is 0.0221. The molecule has 15 heteroatoms. The Balaban J connectivity index is 1.35. The SMILES string of the molecule is CC(C)C[C@H](NC(=O)[C@H](CCCCN=C(N)N[N+](=O)[O-])NC(=O)C(Cc1cccc2ccccc12)Cc1cccc2ccccc12)[C@@H](O)CC(=O)NCCN1CCOCC1. The van der Waals surface area contributed by atoms with Crippen LogP contribution in [0.1, 0.15) is 57.1 Å². The molecule has 15 nitrogen and oxygen atoms in total. The van der Waals surface area contributed by atoms with Gasteiger partial charge in [0.2, 0.25) is 17.7 Å². The Morgan fingerprint density at radius 3 is 2.07 bits per heavy atom. The smallest absolute Gasteiger partial charge is 0.251 e. The van der Waals surface area contributed by atoms with Crippen molar-refractivity contribution in [3.63, 3.8) is 0 Å². The van der Waals surface area contributed by atoms with Crippen LogP contribution in [0, 0.1) is 22.0 Å². The van der Waals surface area contributed by atoms with E-state index in [9.17, 15) is 29.6 Å². The van der Waals surface area contributed by atoms with Gasteiger partial charge in [-0.25, -0.2) is 15.1 Å². The predicted octanol–water partition coefficient (Wildman–Crippen LogP) is 3.88. The van der Waals surface area contributed by atoms with Crippen LogP contribution in [-0.4, -0.2) is 103 Å². The number of benzene rings is 4. The number of amides is 3. The number of nitrogens with one attached hydrogen (secondary N) is 4. The van der Waals surface area contributed by atoms with Gasteiger partial charge in [0.15, 0.2) is 5.03 Å². The first-order valence-corrected chi connectivity index (χ1v) is 21.0. The summed E-state index contributed by atoms with van der Waals surface area (Å²) in [6, 6.07) is 26.5. The molecule has 1 heterocycles. The number of fused-ring (bicyclic) bond motifs is 2. The Hall–Kier alpha value is -5.64. The van der Waals surface area contributed by atoms with Crippen LogP contribution in [0.3, 0.4) is 0 Å². The minimum atomic E-state index is -1.17. The number of carbonyl (C=O) groups excluding carboxylic acids is 3. The van der Waals surface area contributed by atoms with Crippen molar-refractivity contribution in [2.45, 2.75) is 77.0 Å². The van der Waals surface area contributed by atoms with Crippen molar-refractivity contribution in [2.75, 3.05) is 45.9 Å². The molecule has 1 aliphatic rings. The van der Waals surface area contributed by atoms with Gasteiger partial charge in [-0.2, -0.15) is 0 Å². The van der Waals surface area contributed by atoms with E-state index >= 15 is 0 Å². The molecule has 7 N–H and O–H groups in total. The largest absolute Gasteiger partial charge is 0.390 e. The number of guanidine groups is 1. The maximum absolute atomic E-state index is 14.7. The summed E-state index contributed by atoms with van der Waals surface area (Å²) in [7, 11) is 0. The van der Waals surface area contributed by atoms with Crippen LogP contribution < -0.4 is 27.1 Å². The summed E-state index contributed by atoms with van der Waals surface area (Å²) in [6.45, 7) is 8.11. The van der Waals surface area contributed by atoms with Crippen molar-refractivity contribution in [1.82, 2.24) is 26.3 Å². The normalized spacial score (nSPS) is 15.1. The van der Waals surface area contributed by atoms with E-state index in [1.165, 1.54) is 0 Å². The minimum Gasteiger partial charge on any atom is -0.390 e. The van der Waals surface area contributed by atoms with E-state index in [2.05, 4.69) is 38.0 Å². The summed E-state index contributed by atoms with van der Waals surface area (Å²) in [4.78, 5) is 58.9. The van der Waals surface area contributed by atoms with Gasteiger partial charge in [-0.05, 0) is 77.1 Å². The van der Waals surface area contributed by atoms with Crippen molar-refractivity contribution in [3.8, 4) is 0 Å². The zero-order valence-corrected chi connectivity index (χ0v) is 34.7. The number of aliphatic hydroxyl groups is 1. The first kappa shape index (κ1) is 45.4. The van der Waals surface area contributed by atoms with Crippen LogP contribution in [0.4, 0.5) is 0 Å². The number of hydrogen-bond acceptors (Lipinski definition) is 9. The van der Waals surface area contributed by atoms with E-state index in [1.54, 1.807) is 0 Å². The third-order valence-corrected chi connectivity index (χ3v) is 10.9. The lowest BCUT2D eigenvalue weighted by atomic mass is 9.87. The molecule has 5 rings (SSSR count). The zero-order valence-electron chi connectivity index (χ0n) is 34.7. The molecule has 4 aromatic rings. The van der Waals surface area contributed by atoms with Gasteiger partial charge in [0.1, 0.15) is 6.04 Å². The second-order valence-corrected chi connectivity index (χ2v) is 15.9. The molecular formula is C45H60N8O7. The lowest BCUT2D eigenvalue weighted by molar-refractivity contribution is -0.525. The number of nitrogens with two attached hydrogens (primary N) is 1. The van der Waals surface area contributed by atoms with E-state index in [-0.39, 0.29) is 43.1 Å². The van der Waals surface area contributed by atoms with Crippen LogP contribution in [0.25, 0.3) is 21.5 Å². The molecule has 1 saturated heterocycles. The summed E-state index contributed by atoms with van der Waals surface area (Å²) < 4.78 is 5.40. The molecule has 4 aromatic carbocycles. The zero-order chi connectivity index (χ0) is 42.9. The molecule has 3 atom stereocenters. The summed E-state index contributed by atoms with van der Waals surface area (Å²) in [5.41, 5.74) is 9.44. The van der Waals surface area contributed by atoms with Gasteiger partial charge in [-0.3, -0.25) is 19.3 Å². The molecule has 0 radical (unpaired) electrons. The highest BCUT2D eigenvalue weighted by Gasteiger charge is 2.31. The fraction of sp³-hybridized carbons (Fsp3) is 0.467. The van der Waals surface area contributed by atoms with Gasteiger partial charge in [0.05, 0.1) is 31.8 Å². The number of aliphatic imine (C=N–C) groups is 1. The van der Waals surface area contributed by atoms with Crippen LogP contribution >= 0.6 is 0 Å². The number of nitro groups is 1. The van der Waals surface area contributed by atoms with E-state index in [0.29, 0.717) is 58.4 Å². The summed E-state index contributed by atoms with van der Waals surface area (Å²) >= 11 is 0. The topological polar surface area (TPSA) is 214 Å². The van der Waals surface area contributed by atoms with Gasteiger partial charge in [0.25, 0.3) is 5.96 Å². The van der Waals surface area contributed by atoms with Crippen LogP contribution in [0.2, 0.25) is 0 Å². The van der Waals surface area contributed by atoms with Crippen LogP contribution in [0.15, 0.2) is 89.9 Å². The molecule has 0 bridgehead atoms. The van der Waals surface area contributed by atoms with Gasteiger partial charge < -0.3 is 31.5 Å². The Morgan fingerprint density at radius 1 is 0.867 bits per heavy atom. The number of hydrazine groups is 1. The van der Waals surface area contributed by atoms with Gasteiger partial charge in [0, 0.05) is 38.6 Å². The maximum Gasteiger partial charge on any atom is 0.251 e. The fourth-order valence-corrected chi connectivity index (χ4v) is 7.76. The summed E-state index contributed by atoms with van der Waals surface area (Å²) in [6.07, 6.45) is 0.927. The summed E-state index contributed by atoms with van der Waals surface area (Å²) in [5.74, 6) is -1.92. The number of rotatable bonds is 22. The van der Waals surface area contributed by atoms with Crippen LogP contribution in [-0.2, 0) is 32.0 Å². The molecule has 322 valence electrons. The molecule has 60 heavy (non-hydrogen) atoms. The first-order valence-electron chi connectivity index (χ1n) is 21.0. The highest BCUT2D eigenvalue weighted by Crippen LogP contribution is 2.27. The number of morpholine rings is 1. The lowest BCUT2D eigenvalue weighted by Gasteiger charge is -2.29. The molecule has 1 fully saturated rings. The number of hydrogen-bond donors (Lipinski definition) is 6. The second-order valence-electron chi connectivity index (χ2n) is 15.9. The molecule has 0 spiro atoms. The second kappa shape index (κ2) is 23.2. The van der Waals surface area contributed by atoms with E-state index in [0.717, 1.165) is 45.8 Å². The van der Waals surface area contributed by atoms with Gasteiger partial charge in [-0.1, -0.05) is 104 Å². The highest BCUT2D eigenvalue weighted by molar-refractivity contribution is 5.91. The third kappa shape index (κ3) is 14.3. The Kier molecular flexibility index (Phi) is 17.6. The average Bonchev–Trinajstić information content (AvgIpc) is 3.22. The number of unbranched alkanes of at least 4 members (excludes halogenated alkanes) is 1. The van der Waals surface area contributed by atoms with E-state index in [4.69, 9.17) is 10.5 Å². The lowest BCUT2D eigenvalue weighted by Crippen LogP contribution is -2.54. The van der Waals surface area contributed by atoms with Gasteiger partial charge >= 0.3 is 0 Å². The molecule has 3 amide bonds. The third-order valence-electron chi connectivity index (χ3n) is 10.9. The molecule has 1 aliphatic heterocycles. The predicted molar refractivity (Wildman–Crippen MR) is 233 cm³/mol. The first-order chi connectivity index (χ1) is 29.0. The van der Waals surface area contributed by atoms with Crippen LogP contribution in [0.5, 0.6) is 0 Å². The van der Waals surface area contributed by atoms with Crippen molar-refractivity contribution in [2.24, 2.45) is 22.6 Å².